The molecule has 8 nitrogen and oxygen atoms in total. The molecule has 9 heteroatoms. The summed E-state index contributed by atoms with van der Waals surface area (Å²) in [5, 5.41) is 4.45. The number of rotatable bonds is 8. The number of amides is 2. The Hall–Kier alpha value is -3.26. The van der Waals surface area contributed by atoms with Crippen molar-refractivity contribution in [2.45, 2.75) is 0 Å². The smallest absolute Gasteiger partial charge is 0.271 e. The van der Waals surface area contributed by atoms with Gasteiger partial charge in [0.1, 0.15) is 0 Å². The van der Waals surface area contributed by atoms with E-state index in [1.165, 1.54) is 20.4 Å². The van der Waals surface area contributed by atoms with E-state index in [1.807, 2.05) is 0 Å². The SMILES string of the molecule is COc1cc(/C=N\NC(=O)c2ccc(Cl)cc2)cc(OC)c1OCC(N)=O. The lowest BCUT2D eigenvalue weighted by Crippen LogP contribution is -2.20. The number of ether oxygens (including phenoxy) is 3. The first-order valence-corrected chi connectivity index (χ1v) is 8.08. The molecule has 0 bridgehead atoms. The molecule has 0 aliphatic heterocycles. The third-order valence-corrected chi connectivity index (χ3v) is 3.58. The molecule has 0 aliphatic carbocycles. The molecule has 0 spiro atoms. The zero-order valence-corrected chi connectivity index (χ0v) is 15.4. The number of hydrazone groups is 1. The summed E-state index contributed by atoms with van der Waals surface area (Å²) in [6.07, 6.45) is 1.41. The van der Waals surface area contributed by atoms with E-state index in [0.717, 1.165) is 0 Å². The van der Waals surface area contributed by atoms with Crippen LogP contribution in [0.1, 0.15) is 15.9 Å². The van der Waals surface area contributed by atoms with Gasteiger partial charge in [-0.25, -0.2) is 5.43 Å². The molecular formula is C18H18ClN3O5. The van der Waals surface area contributed by atoms with Gasteiger partial charge in [0.15, 0.2) is 18.1 Å². The molecule has 2 aromatic rings. The summed E-state index contributed by atoms with van der Waals surface area (Å²) in [6, 6.07) is 9.61. The van der Waals surface area contributed by atoms with E-state index in [-0.39, 0.29) is 18.3 Å². The quantitative estimate of drug-likeness (QED) is 0.527. The summed E-state index contributed by atoms with van der Waals surface area (Å²) >= 11 is 5.79. The van der Waals surface area contributed by atoms with Crippen molar-refractivity contribution in [3.8, 4) is 17.2 Å². The minimum absolute atomic E-state index is 0.237. The molecule has 0 aliphatic rings. The van der Waals surface area contributed by atoms with E-state index in [2.05, 4.69) is 10.5 Å². The minimum Gasteiger partial charge on any atom is -0.493 e. The summed E-state index contributed by atoms with van der Waals surface area (Å²) in [4.78, 5) is 22.9. The Kier molecular flexibility index (Phi) is 7.01. The van der Waals surface area contributed by atoms with E-state index >= 15 is 0 Å². The molecule has 0 fully saturated rings. The van der Waals surface area contributed by atoms with E-state index in [0.29, 0.717) is 27.6 Å². The van der Waals surface area contributed by atoms with Crippen molar-refractivity contribution in [1.82, 2.24) is 5.43 Å². The number of halogens is 1. The van der Waals surface area contributed by atoms with Crippen LogP contribution in [0.5, 0.6) is 17.2 Å². The number of nitrogens with one attached hydrogen (secondary N) is 1. The summed E-state index contributed by atoms with van der Waals surface area (Å²) in [5.74, 6) is -0.138. The summed E-state index contributed by atoms with van der Waals surface area (Å²) in [6.45, 7) is -0.322. The van der Waals surface area contributed by atoms with Crippen LogP contribution in [0.3, 0.4) is 0 Å². The van der Waals surface area contributed by atoms with E-state index in [1.54, 1.807) is 36.4 Å². The molecule has 2 amide bonds. The highest BCUT2D eigenvalue weighted by Gasteiger charge is 2.14. The van der Waals surface area contributed by atoms with Gasteiger partial charge in [0.25, 0.3) is 11.8 Å². The normalized spacial score (nSPS) is 10.5. The summed E-state index contributed by atoms with van der Waals surface area (Å²) in [7, 11) is 2.88. The van der Waals surface area contributed by atoms with Crippen LogP contribution < -0.4 is 25.4 Å². The molecule has 0 atom stereocenters. The lowest BCUT2D eigenvalue weighted by molar-refractivity contribution is -0.120. The molecule has 0 radical (unpaired) electrons. The lowest BCUT2D eigenvalue weighted by Gasteiger charge is -2.14. The van der Waals surface area contributed by atoms with Gasteiger partial charge in [-0.1, -0.05) is 11.6 Å². The first kappa shape index (κ1) is 20.1. The molecule has 0 heterocycles. The number of hydrogen-bond acceptors (Lipinski definition) is 6. The highest BCUT2D eigenvalue weighted by atomic mass is 35.5. The van der Waals surface area contributed by atoms with Crippen molar-refractivity contribution in [3.05, 3.63) is 52.5 Å². The maximum Gasteiger partial charge on any atom is 0.271 e. The zero-order valence-electron chi connectivity index (χ0n) is 14.7. The predicted octanol–water partition coefficient (Wildman–Crippen LogP) is 1.99. The third kappa shape index (κ3) is 5.61. The van der Waals surface area contributed by atoms with Crippen LogP contribution in [0, 0.1) is 0 Å². The third-order valence-electron chi connectivity index (χ3n) is 3.33. The Morgan fingerprint density at radius 1 is 1.15 bits per heavy atom. The van der Waals surface area contributed by atoms with E-state index in [4.69, 9.17) is 31.5 Å². The zero-order chi connectivity index (χ0) is 19.8. The number of carbonyl (C=O) groups excluding carboxylic acids is 2. The Bertz CT molecular complexity index is 828. The fraction of sp³-hybridized carbons (Fsp3) is 0.167. The minimum atomic E-state index is -0.630. The van der Waals surface area contributed by atoms with Gasteiger partial charge >= 0.3 is 0 Å². The van der Waals surface area contributed by atoms with E-state index in [9.17, 15) is 9.59 Å². The van der Waals surface area contributed by atoms with Crippen LogP contribution in [0.25, 0.3) is 0 Å². The second-order valence-corrected chi connectivity index (χ2v) is 5.65. The van der Waals surface area contributed by atoms with Crippen molar-refractivity contribution in [1.29, 1.82) is 0 Å². The number of carbonyl (C=O) groups is 2. The van der Waals surface area contributed by atoms with Gasteiger partial charge in [-0.15, -0.1) is 0 Å². The summed E-state index contributed by atoms with van der Waals surface area (Å²) < 4.78 is 15.8. The molecule has 2 aromatic carbocycles. The van der Waals surface area contributed by atoms with Crippen LogP contribution in [-0.4, -0.2) is 38.9 Å². The van der Waals surface area contributed by atoms with Gasteiger partial charge in [0.2, 0.25) is 5.75 Å². The number of hydrogen-bond donors (Lipinski definition) is 2. The first-order valence-electron chi connectivity index (χ1n) is 7.70. The monoisotopic (exact) mass is 391 g/mol. The maximum absolute atomic E-state index is 12.0. The Balaban J connectivity index is 2.15. The number of primary amides is 1. The fourth-order valence-electron chi connectivity index (χ4n) is 2.09. The van der Waals surface area contributed by atoms with Gasteiger partial charge in [0.05, 0.1) is 20.4 Å². The van der Waals surface area contributed by atoms with Crippen LogP contribution in [-0.2, 0) is 4.79 Å². The highest BCUT2D eigenvalue weighted by molar-refractivity contribution is 6.30. The second-order valence-electron chi connectivity index (χ2n) is 5.22. The Labute approximate surface area is 160 Å². The molecule has 0 aromatic heterocycles. The Morgan fingerprint density at radius 3 is 2.26 bits per heavy atom. The number of benzene rings is 2. The van der Waals surface area contributed by atoms with Gasteiger partial charge < -0.3 is 19.9 Å². The highest BCUT2D eigenvalue weighted by Crippen LogP contribution is 2.38. The number of nitrogens with zero attached hydrogens (tertiary/aromatic N) is 1. The number of nitrogens with two attached hydrogens (primary N) is 1. The van der Waals surface area contributed by atoms with Crippen molar-refractivity contribution < 1.29 is 23.8 Å². The second kappa shape index (κ2) is 9.44. The molecule has 0 saturated heterocycles. The number of methoxy groups -OCH3 is 2. The van der Waals surface area contributed by atoms with Crippen molar-refractivity contribution in [2.24, 2.45) is 10.8 Å². The van der Waals surface area contributed by atoms with Crippen molar-refractivity contribution in [3.63, 3.8) is 0 Å². The van der Waals surface area contributed by atoms with Gasteiger partial charge in [-0.2, -0.15) is 5.10 Å². The molecule has 2 rings (SSSR count). The fourth-order valence-corrected chi connectivity index (χ4v) is 2.22. The topological polar surface area (TPSA) is 112 Å². The molecule has 142 valence electrons. The van der Waals surface area contributed by atoms with Crippen molar-refractivity contribution in [2.75, 3.05) is 20.8 Å². The van der Waals surface area contributed by atoms with Crippen LogP contribution in [0.15, 0.2) is 41.5 Å². The van der Waals surface area contributed by atoms with Crippen LogP contribution in [0.4, 0.5) is 0 Å². The molecule has 3 N–H and O–H groups in total. The lowest BCUT2D eigenvalue weighted by atomic mass is 10.2. The van der Waals surface area contributed by atoms with Gasteiger partial charge in [-0.05, 0) is 36.4 Å². The van der Waals surface area contributed by atoms with Crippen molar-refractivity contribution >= 4 is 29.6 Å². The van der Waals surface area contributed by atoms with Gasteiger partial charge in [0, 0.05) is 16.1 Å². The van der Waals surface area contributed by atoms with E-state index < -0.39 is 5.91 Å². The standard InChI is InChI=1S/C18H18ClN3O5/c1-25-14-7-11(8-15(26-2)17(14)27-10-16(20)23)9-21-22-18(24)12-3-5-13(19)6-4-12/h3-9H,10H2,1-2H3,(H2,20,23)(H,22,24)/b21-9-. The first-order chi connectivity index (χ1) is 12.9. The molecule has 0 unspecified atom stereocenters. The largest absolute Gasteiger partial charge is 0.493 e. The van der Waals surface area contributed by atoms with Crippen LogP contribution in [0.2, 0.25) is 5.02 Å². The average molecular weight is 392 g/mol. The maximum atomic E-state index is 12.0. The predicted molar refractivity (Wildman–Crippen MR) is 101 cm³/mol. The van der Waals surface area contributed by atoms with Gasteiger partial charge in [-0.3, -0.25) is 9.59 Å². The molecular weight excluding hydrogens is 374 g/mol. The Morgan fingerprint density at radius 2 is 1.74 bits per heavy atom. The average Bonchev–Trinajstić information content (AvgIpc) is 2.66. The molecule has 27 heavy (non-hydrogen) atoms. The van der Waals surface area contributed by atoms with Crippen LogP contribution >= 0.6 is 11.6 Å². The molecule has 0 saturated carbocycles. The summed E-state index contributed by atoms with van der Waals surface area (Å²) in [5.41, 5.74) is 8.49.